The smallest absolute Gasteiger partial charge is 0.337 e. The Kier molecular flexibility index (Phi) is 9.35. The van der Waals surface area contributed by atoms with Crippen LogP contribution in [0.2, 0.25) is 0 Å². The van der Waals surface area contributed by atoms with Gasteiger partial charge in [-0.15, -0.1) is 0 Å². The molecule has 0 amide bonds. The molecule has 0 bridgehead atoms. The van der Waals surface area contributed by atoms with Crippen LogP contribution in [0.15, 0.2) is 126 Å². The van der Waals surface area contributed by atoms with Gasteiger partial charge in [0.05, 0.1) is 31.3 Å². The Morgan fingerprint density at radius 1 is 0.653 bits per heavy atom. The Morgan fingerprint density at radius 3 is 1.59 bits per heavy atom. The predicted octanol–water partition coefficient (Wildman–Crippen LogP) is 6.18. The van der Waals surface area contributed by atoms with Crippen LogP contribution in [-0.2, 0) is 46.5 Å². The van der Waals surface area contributed by atoms with Crippen molar-refractivity contribution in [1.29, 1.82) is 0 Å². The van der Waals surface area contributed by atoms with Crippen LogP contribution < -0.4 is 0 Å². The Bertz CT molecular complexity index is 1920. The second-order valence-corrected chi connectivity index (χ2v) is 11.7. The third-order valence-corrected chi connectivity index (χ3v) is 8.74. The molecule has 0 spiro atoms. The highest BCUT2D eigenvalue weighted by Crippen LogP contribution is 2.55. The summed E-state index contributed by atoms with van der Waals surface area (Å²) in [7, 11) is 2.56. The van der Waals surface area contributed by atoms with E-state index in [4.69, 9.17) is 18.9 Å². The number of hydrogen-bond acceptors (Lipinski definition) is 9. The number of esters is 4. The van der Waals surface area contributed by atoms with E-state index < -0.39 is 35.2 Å². The summed E-state index contributed by atoms with van der Waals surface area (Å²) in [6, 6.07) is 31.0. The number of fused-ring (bicyclic) bond motifs is 1. The van der Waals surface area contributed by atoms with Gasteiger partial charge in [-0.05, 0) is 57.7 Å². The average Bonchev–Trinajstić information content (AvgIpc) is 3.66. The van der Waals surface area contributed by atoms with E-state index in [0.717, 1.165) is 11.1 Å². The normalized spacial score (nSPS) is 16.0. The van der Waals surface area contributed by atoms with Gasteiger partial charge in [-0.25, -0.2) is 9.59 Å². The molecule has 0 saturated carbocycles. The molecule has 0 saturated heterocycles. The van der Waals surface area contributed by atoms with Gasteiger partial charge in [0.15, 0.2) is 11.2 Å². The molecule has 9 heteroatoms. The van der Waals surface area contributed by atoms with Gasteiger partial charge in [0.1, 0.15) is 13.2 Å². The zero-order valence-corrected chi connectivity index (χ0v) is 26.8. The Labute approximate surface area is 282 Å². The van der Waals surface area contributed by atoms with Crippen molar-refractivity contribution in [2.24, 2.45) is 5.41 Å². The van der Waals surface area contributed by atoms with Crippen LogP contribution >= 0.6 is 0 Å². The molecule has 2 aliphatic carbocycles. The summed E-state index contributed by atoms with van der Waals surface area (Å²) in [6.45, 7) is -0.149. The molecule has 2 aliphatic rings. The summed E-state index contributed by atoms with van der Waals surface area (Å²) in [4.78, 5) is 66.9. The molecule has 0 aliphatic heterocycles. The molecule has 0 N–H and O–H groups in total. The lowest BCUT2D eigenvalue weighted by atomic mass is 9.83. The zero-order chi connectivity index (χ0) is 34.5. The van der Waals surface area contributed by atoms with Crippen molar-refractivity contribution in [2.75, 3.05) is 14.2 Å². The third kappa shape index (κ3) is 6.43. The summed E-state index contributed by atoms with van der Waals surface area (Å²) in [5.74, 6) is -3.85. The van der Waals surface area contributed by atoms with Gasteiger partial charge in [-0.1, -0.05) is 91.0 Å². The fourth-order valence-electron chi connectivity index (χ4n) is 6.23. The summed E-state index contributed by atoms with van der Waals surface area (Å²) in [5, 5.41) is 0. The van der Waals surface area contributed by atoms with Gasteiger partial charge in [0.2, 0.25) is 0 Å². The van der Waals surface area contributed by atoms with Crippen molar-refractivity contribution in [3.05, 3.63) is 160 Å². The number of Topliss-reactive ketones (excluding diaryl/α,β-unsaturated/α-hetero) is 1. The van der Waals surface area contributed by atoms with E-state index in [1.54, 1.807) is 72.8 Å². The van der Waals surface area contributed by atoms with Crippen LogP contribution in [0, 0.1) is 5.41 Å². The van der Waals surface area contributed by atoms with E-state index in [-0.39, 0.29) is 25.4 Å². The maximum Gasteiger partial charge on any atom is 0.337 e. The fraction of sp³-hybridized carbons (Fsp3) is 0.175. The molecule has 1 atom stereocenters. The van der Waals surface area contributed by atoms with Gasteiger partial charge in [-0.2, -0.15) is 0 Å². The molecule has 4 aromatic carbocycles. The number of carbonyl (C=O) groups excluding carboxylic acids is 5. The molecule has 246 valence electrons. The van der Waals surface area contributed by atoms with E-state index >= 15 is 0 Å². The van der Waals surface area contributed by atoms with E-state index in [1.807, 2.05) is 36.4 Å². The Balaban J connectivity index is 1.45. The van der Waals surface area contributed by atoms with E-state index in [9.17, 15) is 24.0 Å². The van der Waals surface area contributed by atoms with E-state index in [2.05, 4.69) is 0 Å². The van der Waals surface area contributed by atoms with Crippen molar-refractivity contribution in [3.63, 3.8) is 0 Å². The minimum Gasteiger partial charge on any atom is -0.465 e. The minimum absolute atomic E-state index is 0.0746. The van der Waals surface area contributed by atoms with Gasteiger partial charge in [-0.3, -0.25) is 14.4 Å². The molecule has 49 heavy (non-hydrogen) atoms. The lowest BCUT2D eigenvalue weighted by Crippen LogP contribution is -2.39. The second-order valence-electron chi connectivity index (χ2n) is 11.7. The zero-order valence-electron chi connectivity index (χ0n) is 26.8. The summed E-state index contributed by atoms with van der Waals surface area (Å²) < 4.78 is 21.2. The van der Waals surface area contributed by atoms with Crippen molar-refractivity contribution in [3.8, 4) is 0 Å². The summed E-state index contributed by atoms with van der Waals surface area (Å²) in [6.07, 6.45) is 1.33. The molecule has 0 aromatic heterocycles. The van der Waals surface area contributed by atoms with Crippen LogP contribution in [0.3, 0.4) is 0 Å². The first kappa shape index (κ1) is 32.8. The SMILES string of the molecule is COC(=O)c1ccc(C2=C3CC(C(=O)OCc4ccccc4)(C(=O)OCc4ccccc4)C=C3C(c3ccc(C(=O)OC)cc3)C2=O)cc1. The molecule has 4 aromatic rings. The minimum atomic E-state index is -1.89. The standard InChI is InChI=1S/C40H32O9/c1-46-36(42)29-17-13-27(14-18-29)33-31-21-40(38(44)48-23-25-9-5-3-6-10-25,39(45)49-24-26-11-7-4-8-12-26)22-32(31)34(35(33)41)28-15-19-30(20-16-28)37(43)47-2/h3-21,33H,22-24H2,1-2H3. The first-order chi connectivity index (χ1) is 23.8. The molecule has 0 fully saturated rings. The lowest BCUT2D eigenvalue weighted by Gasteiger charge is -2.24. The highest BCUT2D eigenvalue weighted by atomic mass is 16.6. The number of allylic oxidation sites excluding steroid dienone is 3. The molecule has 6 rings (SSSR count). The first-order valence-corrected chi connectivity index (χ1v) is 15.6. The van der Waals surface area contributed by atoms with Crippen LogP contribution in [0.4, 0.5) is 0 Å². The average molecular weight is 657 g/mol. The maximum atomic E-state index is 14.3. The number of hydrogen-bond donors (Lipinski definition) is 0. The largest absolute Gasteiger partial charge is 0.465 e. The molecule has 1 unspecified atom stereocenters. The van der Waals surface area contributed by atoms with Crippen molar-refractivity contribution in [2.45, 2.75) is 25.6 Å². The number of methoxy groups -OCH3 is 2. The molecule has 0 heterocycles. The predicted molar refractivity (Wildman–Crippen MR) is 178 cm³/mol. The Hall–Kier alpha value is -6.09. The molecular weight excluding hydrogens is 624 g/mol. The van der Waals surface area contributed by atoms with Gasteiger partial charge < -0.3 is 18.9 Å². The van der Waals surface area contributed by atoms with Gasteiger partial charge in [0, 0.05) is 12.0 Å². The number of ether oxygens (including phenoxy) is 4. The number of rotatable bonds is 10. The van der Waals surface area contributed by atoms with E-state index in [0.29, 0.717) is 39.0 Å². The third-order valence-electron chi connectivity index (χ3n) is 8.74. The van der Waals surface area contributed by atoms with Crippen LogP contribution in [-0.4, -0.2) is 43.9 Å². The number of ketones is 1. The second kappa shape index (κ2) is 13.9. The van der Waals surface area contributed by atoms with E-state index in [1.165, 1.54) is 20.3 Å². The number of carbonyl (C=O) groups is 5. The molecule has 9 nitrogen and oxygen atoms in total. The van der Waals surface area contributed by atoms with Crippen LogP contribution in [0.1, 0.15) is 55.3 Å². The van der Waals surface area contributed by atoms with Gasteiger partial charge in [0.25, 0.3) is 0 Å². The van der Waals surface area contributed by atoms with Gasteiger partial charge >= 0.3 is 23.9 Å². The summed E-state index contributed by atoms with van der Waals surface area (Å²) >= 11 is 0. The topological polar surface area (TPSA) is 122 Å². The maximum absolute atomic E-state index is 14.3. The highest BCUT2D eigenvalue weighted by molar-refractivity contribution is 6.30. The van der Waals surface area contributed by atoms with Crippen molar-refractivity contribution in [1.82, 2.24) is 0 Å². The quantitative estimate of drug-likeness (QED) is 0.112. The first-order valence-electron chi connectivity index (χ1n) is 15.6. The van der Waals surface area contributed by atoms with Crippen molar-refractivity contribution >= 4 is 35.2 Å². The monoisotopic (exact) mass is 656 g/mol. The fourth-order valence-corrected chi connectivity index (χ4v) is 6.23. The molecule has 0 radical (unpaired) electrons. The van der Waals surface area contributed by atoms with Crippen LogP contribution in [0.25, 0.3) is 5.57 Å². The highest BCUT2D eigenvalue weighted by Gasteiger charge is 2.56. The molecular formula is C40H32O9. The van der Waals surface area contributed by atoms with Crippen LogP contribution in [0.5, 0.6) is 0 Å². The number of benzene rings is 4. The lowest BCUT2D eigenvalue weighted by molar-refractivity contribution is -0.169. The van der Waals surface area contributed by atoms with Crippen molar-refractivity contribution < 1.29 is 42.9 Å². The summed E-state index contributed by atoms with van der Waals surface area (Å²) in [5.41, 5.74) is 2.48. The Morgan fingerprint density at radius 2 is 1.12 bits per heavy atom.